The number of rotatable bonds is 4. The minimum absolute atomic E-state index is 0.0846. The highest BCUT2D eigenvalue weighted by molar-refractivity contribution is 7.99. The van der Waals surface area contributed by atoms with Gasteiger partial charge in [0.2, 0.25) is 0 Å². The Balaban J connectivity index is 2.11. The van der Waals surface area contributed by atoms with E-state index in [2.05, 4.69) is 0 Å². The zero-order valence-electron chi connectivity index (χ0n) is 9.92. The Hall–Kier alpha value is 0.130. The lowest BCUT2D eigenvalue weighted by atomic mass is 9.49. The number of thioether (sulfide) groups is 1. The van der Waals surface area contributed by atoms with E-state index in [0.29, 0.717) is 0 Å². The van der Waals surface area contributed by atoms with Crippen LogP contribution < -0.4 is 0 Å². The van der Waals surface area contributed by atoms with Crippen molar-refractivity contribution in [1.82, 2.24) is 0 Å². The Morgan fingerprint density at radius 2 is 1.59 bits per heavy atom. The molecule has 1 heterocycles. The standard InChI is InChI=1S/C12H20F2O2S/c13-7-10(8-14)5-12(16,6-10)11(9-15)1-3-17-4-2-11/h15-16H,1-9H2. The minimum Gasteiger partial charge on any atom is -0.396 e. The summed E-state index contributed by atoms with van der Waals surface area (Å²) in [6, 6.07) is 0. The third-order valence-electron chi connectivity index (χ3n) is 4.64. The second-order valence-electron chi connectivity index (χ2n) is 5.70. The Bertz CT molecular complexity index is 268. The van der Waals surface area contributed by atoms with Crippen molar-refractivity contribution in [3.63, 3.8) is 0 Å². The number of hydrogen-bond acceptors (Lipinski definition) is 3. The normalized spacial score (nSPS) is 29.6. The lowest BCUT2D eigenvalue weighted by molar-refractivity contribution is -0.226. The fourth-order valence-corrected chi connectivity index (χ4v) is 4.60. The number of aliphatic hydroxyl groups is 2. The molecule has 2 fully saturated rings. The summed E-state index contributed by atoms with van der Waals surface area (Å²) < 4.78 is 25.6. The van der Waals surface area contributed by atoms with Crippen LogP contribution in [-0.4, -0.2) is 47.3 Å². The molecule has 2 N–H and O–H groups in total. The van der Waals surface area contributed by atoms with Gasteiger partial charge in [0.25, 0.3) is 0 Å². The van der Waals surface area contributed by atoms with Crippen molar-refractivity contribution >= 4 is 11.8 Å². The SMILES string of the molecule is OCC1(C2(O)CC(CF)(CF)C2)CCSCC1. The van der Waals surface area contributed by atoms with Gasteiger partial charge in [0.05, 0.1) is 25.6 Å². The van der Waals surface area contributed by atoms with Crippen LogP contribution in [0.15, 0.2) is 0 Å². The molecule has 0 atom stereocenters. The number of aliphatic hydroxyl groups excluding tert-OH is 1. The van der Waals surface area contributed by atoms with Gasteiger partial charge in [-0.25, -0.2) is 0 Å². The van der Waals surface area contributed by atoms with Crippen LogP contribution in [-0.2, 0) is 0 Å². The Morgan fingerprint density at radius 3 is 2.00 bits per heavy atom. The molecule has 1 aliphatic heterocycles. The molecule has 0 aromatic rings. The summed E-state index contributed by atoms with van der Waals surface area (Å²) in [4.78, 5) is 0. The largest absolute Gasteiger partial charge is 0.396 e. The maximum atomic E-state index is 12.8. The highest BCUT2D eigenvalue weighted by Gasteiger charge is 2.63. The average Bonchev–Trinajstić information content (AvgIpc) is 2.35. The van der Waals surface area contributed by atoms with Crippen LogP contribution in [0, 0.1) is 10.8 Å². The van der Waals surface area contributed by atoms with Crippen LogP contribution in [0.25, 0.3) is 0 Å². The molecule has 5 heteroatoms. The van der Waals surface area contributed by atoms with E-state index in [4.69, 9.17) is 0 Å². The lowest BCUT2D eigenvalue weighted by Gasteiger charge is -2.60. The van der Waals surface area contributed by atoms with E-state index in [1.54, 1.807) is 11.8 Å². The molecule has 0 radical (unpaired) electrons. The maximum Gasteiger partial charge on any atom is 0.0977 e. The summed E-state index contributed by atoms with van der Waals surface area (Å²) in [5.41, 5.74) is -2.59. The van der Waals surface area contributed by atoms with Gasteiger partial charge < -0.3 is 10.2 Å². The number of halogens is 2. The zero-order valence-corrected chi connectivity index (χ0v) is 10.7. The first-order valence-corrected chi connectivity index (χ1v) is 7.24. The highest BCUT2D eigenvalue weighted by atomic mass is 32.2. The molecule has 1 saturated carbocycles. The fourth-order valence-electron chi connectivity index (χ4n) is 3.32. The van der Waals surface area contributed by atoms with Gasteiger partial charge in [-0.2, -0.15) is 11.8 Å². The summed E-state index contributed by atoms with van der Waals surface area (Å²) in [5, 5.41) is 20.2. The molecule has 1 saturated heterocycles. The van der Waals surface area contributed by atoms with E-state index in [9.17, 15) is 19.0 Å². The van der Waals surface area contributed by atoms with Crippen LogP contribution in [0.4, 0.5) is 8.78 Å². The van der Waals surface area contributed by atoms with Gasteiger partial charge >= 0.3 is 0 Å². The third-order valence-corrected chi connectivity index (χ3v) is 5.63. The molecule has 0 unspecified atom stereocenters. The van der Waals surface area contributed by atoms with Crippen molar-refractivity contribution in [3.05, 3.63) is 0 Å². The molecule has 0 amide bonds. The Labute approximate surface area is 105 Å². The van der Waals surface area contributed by atoms with Gasteiger partial charge in [-0.15, -0.1) is 0 Å². The summed E-state index contributed by atoms with van der Waals surface area (Å²) in [6.07, 6.45) is 1.77. The Morgan fingerprint density at radius 1 is 1.06 bits per heavy atom. The first-order valence-electron chi connectivity index (χ1n) is 6.08. The van der Waals surface area contributed by atoms with Crippen LogP contribution in [0.5, 0.6) is 0 Å². The fraction of sp³-hybridized carbons (Fsp3) is 1.00. The van der Waals surface area contributed by atoms with E-state index >= 15 is 0 Å². The lowest BCUT2D eigenvalue weighted by Crippen LogP contribution is -2.65. The first kappa shape index (κ1) is 13.6. The van der Waals surface area contributed by atoms with E-state index in [0.717, 1.165) is 24.3 Å². The molecule has 2 aliphatic rings. The molecule has 100 valence electrons. The summed E-state index contributed by atoms with van der Waals surface area (Å²) in [5.74, 6) is 1.81. The van der Waals surface area contributed by atoms with E-state index in [-0.39, 0.29) is 19.4 Å². The van der Waals surface area contributed by atoms with Crippen molar-refractivity contribution < 1.29 is 19.0 Å². The zero-order chi connectivity index (χ0) is 12.6. The molecule has 1 aliphatic carbocycles. The smallest absolute Gasteiger partial charge is 0.0977 e. The minimum atomic E-state index is -1.07. The van der Waals surface area contributed by atoms with Crippen molar-refractivity contribution in [1.29, 1.82) is 0 Å². The highest BCUT2D eigenvalue weighted by Crippen LogP contribution is 2.60. The second-order valence-corrected chi connectivity index (χ2v) is 6.93. The van der Waals surface area contributed by atoms with Gasteiger partial charge in [-0.1, -0.05) is 0 Å². The quantitative estimate of drug-likeness (QED) is 0.817. The van der Waals surface area contributed by atoms with Crippen LogP contribution in [0.1, 0.15) is 25.7 Å². The summed E-state index contributed by atoms with van der Waals surface area (Å²) >= 11 is 1.80. The maximum absolute atomic E-state index is 12.8. The van der Waals surface area contributed by atoms with Crippen LogP contribution >= 0.6 is 11.8 Å². The molecule has 0 spiro atoms. The molecular formula is C12H20F2O2S. The van der Waals surface area contributed by atoms with Gasteiger partial charge in [-0.3, -0.25) is 8.78 Å². The van der Waals surface area contributed by atoms with Gasteiger partial charge in [0.1, 0.15) is 0 Å². The topological polar surface area (TPSA) is 40.5 Å². The summed E-state index contributed by atoms with van der Waals surface area (Å²) in [7, 11) is 0. The van der Waals surface area contributed by atoms with Gasteiger partial charge in [-0.05, 0) is 37.2 Å². The molecular weight excluding hydrogens is 246 g/mol. The predicted octanol–water partition coefficient (Wildman–Crippen LogP) is 1.94. The molecule has 0 bridgehead atoms. The van der Waals surface area contributed by atoms with Crippen LogP contribution in [0.2, 0.25) is 0 Å². The molecule has 0 aromatic heterocycles. The van der Waals surface area contributed by atoms with Gasteiger partial charge in [0.15, 0.2) is 0 Å². The third kappa shape index (κ3) is 2.00. The van der Waals surface area contributed by atoms with E-state index < -0.39 is 29.8 Å². The van der Waals surface area contributed by atoms with E-state index in [1.807, 2.05) is 0 Å². The molecule has 0 aromatic carbocycles. The monoisotopic (exact) mass is 266 g/mol. The number of alkyl halides is 2. The second kappa shape index (κ2) is 4.67. The summed E-state index contributed by atoms with van der Waals surface area (Å²) in [6.45, 7) is -1.52. The van der Waals surface area contributed by atoms with Crippen molar-refractivity contribution in [2.45, 2.75) is 31.3 Å². The van der Waals surface area contributed by atoms with Crippen LogP contribution in [0.3, 0.4) is 0 Å². The average molecular weight is 266 g/mol. The molecule has 17 heavy (non-hydrogen) atoms. The van der Waals surface area contributed by atoms with Crippen molar-refractivity contribution in [2.75, 3.05) is 31.5 Å². The van der Waals surface area contributed by atoms with Gasteiger partial charge in [0, 0.05) is 10.8 Å². The Kier molecular flexibility index (Phi) is 3.72. The number of hydrogen-bond donors (Lipinski definition) is 2. The first-order chi connectivity index (χ1) is 8.05. The molecule has 2 nitrogen and oxygen atoms in total. The predicted molar refractivity (Wildman–Crippen MR) is 64.6 cm³/mol. The molecule has 2 rings (SSSR count). The van der Waals surface area contributed by atoms with Crippen molar-refractivity contribution in [2.24, 2.45) is 10.8 Å². The van der Waals surface area contributed by atoms with E-state index in [1.165, 1.54) is 0 Å². The van der Waals surface area contributed by atoms with Crippen molar-refractivity contribution in [3.8, 4) is 0 Å².